The lowest BCUT2D eigenvalue weighted by atomic mass is 10.2. The molecule has 2 heterocycles. The molecule has 0 atom stereocenters. The van der Waals surface area contributed by atoms with Crippen LogP contribution in [0, 0.1) is 0 Å². The number of nitrogens with zero attached hydrogens (tertiary/aromatic N) is 2. The van der Waals surface area contributed by atoms with Crippen LogP contribution in [0.5, 0.6) is 5.75 Å². The monoisotopic (exact) mass is 376 g/mol. The van der Waals surface area contributed by atoms with E-state index in [1.807, 2.05) is 36.4 Å². The lowest BCUT2D eigenvalue weighted by molar-refractivity contribution is 0.0941. The zero-order valence-electron chi connectivity index (χ0n) is 15.4. The van der Waals surface area contributed by atoms with Crippen LogP contribution in [0.3, 0.4) is 0 Å². The summed E-state index contributed by atoms with van der Waals surface area (Å²) in [6.45, 7) is 0.708. The molecule has 142 valence electrons. The zero-order chi connectivity index (χ0) is 19.8. The largest absolute Gasteiger partial charge is 0.497 e. The Balaban J connectivity index is 1.58. The summed E-state index contributed by atoms with van der Waals surface area (Å²) in [6.07, 6.45) is 3.32. The second-order valence-electron chi connectivity index (χ2n) is 5.98. The molecule has 0 aliphatic rings. The highest BCUT2D eigenvalue weighted by Gasteiger charge is 2.12. The van der Waals surface area contributed by atoms with Crippen LogP contribution >= 0.6 is 0 Å². The molecule has 2 aromatic heterocycles. The molecule has 0 aliphatic carbocycles. The average molecular weight is 376 g/mol. The quantitative estimate of drug-likeness (QED) is 0.660. The van der Waals surface area contributed by atoms with Gasteiger partial charge in [0.2, 0.25) is 0 Å². The van der Waals surface area contributed by atoms with Crippen molar-refractivity contribution in [2.75, 3.05) is 7.11 Å². The van der Waals surface area contributed by atoms with Crippen molar-refractivity contribution in [2.45, 2.75) is 13.1 Å². The highest BCUT2D eigenvalue weighted by molar-refractivity contribution is 5.96. The van der Waals surface area contributed by atoms with Crippen molar-refractivity contribution in [1.29, 1.82) is 0 Å². The van der Waals surface area contributed by atoms with Crippen molar-refractivity contribution < 1.29 is 14.3 Å². The first-order chi connectivity index (χ1) is 13.7. The number of hydrogen-bond acceptors (Lipinski definition) is 5. The SMILES string of the molecule is COc1ccc(CNC(=O)c2cccc(C(=O)NCc3ccncc3)n2)cc1. The van der Waals surface area contributed by atoms with Crippen LogP contribution in [0.1, 0.15) is 32.1 Å². The summed E-state index contributed by atoms with van der Waals surface area (Å²) in [5.41, 5.74) is 2.23. The summed E-state index contributed by atoms with van der Waals surface area (Å²) in [5.74, 6) is 0.0587. The molecule has 2 amide bonds. The van der Waals surface area contributed by atoms with Crippen LogP contribution < -0.4 is 15.4 Å². The minimum Gasteiger partial charge on any atom is -0.497 e. The van der Waals surface area contributed by atoms with Crippen molar-refractivity contribution in [3.8, 4) is 5.75 Å². The molecule has 0 spiro atoms. The van der Waals surface area contributed by atoms with Crippen LogP contribution in [0.4, 0.5) is 0 Å². The van der Waals surface area contributed by atoms with Gasteiger partial charge in [-0.05, 0) is 47.5 Å². The molecule has 2 N–H and O–H groups in total. The lowest BCUT2D eigenvalue weighted by Gasteiger charge is -2.08. The third-order valence-corrected chi connectivity index (χ3v) is 4.03. The van der Waals surface area contributed by atoms with Crippen molar-refractivity contribution in [1.82, 2.24) is 20.6 Å². The number of ether oxygens (including phenoxy) is 1. The predicted octanol–water partition coefficient (Wildman–Crippen LogP) is 2.35. The van der Waals surface area contributed by atoms with Gasteiger partial charge in [-0.15, -0.1) is 0 Å². The van der Waals surface area contributed by atoms with Crippen LogP contribution in [-0.2, 0) is 13.1 Å². The number of rotatable bonds is 7. The molecule has 0 radical (unpaired) electrons. The third kappa shape index (κ3) is 5.14. The fourth-order valence-electron chi connectivity index (χ4n) is 2.48. The van der Waals surface area contributed by atoms with E-state index in [2.05, 4.69) is 20.6 Å². The summed E-state index contributed by atoms with van der Waals surface area (Å²) in [4.78, 5) is 32.8. The molecule has 1 aromatic carbocycles. The smallest absolute Gasteiger partial charge is 0.270 e. The molecule has 7 heteroatoms. The average Bonchev–Trinajstić information content (AvgIpc) is 2.77. The number of methoxy groups -OCH3 is 1. The van der Waals surface area contributed by atoms with Gasteiger partial charge in [-0.3, -0.25) is 14.6 Å². The van der Waals surface area contributed by atoms with E-state index in [-0.39, 0.29) is 23.2 Å². The summed E-state index contributed by atoms with van der Waals surface area (Å²) in [6, 6.07) is 15.8. The van der Waals surface area contributed by atoms with E-state index in [1.54, 1.807) is 37.7 Å². The van der Waals surface area contributed by atoms with Crippen molar-refractivity contribution >= 4 is 11.8 Å². The van der Waals surface area contributed by atoms with Crippen molar-refractivity contribution in [3.05, 3.63) is 89.5 Å². The fraction of sp³-hybridized carbons (Fsp3) is 0.143. The first kappa shape index (κ1) is 19.0. The Morgan fingerprint density at radius 1 is 0.821 bits per heavy atom. The number of aromatic nitrogens is 2. The summed E-state index contributed by atoms with van der Waals surface area (Å²) in [7, 11) is 1.60. The Bertz CT molecular complexity index is 943. The number of nitrogens with one attached hydrogen (secondary N) is 2. The number of benzene rings is 1. The van der Waals surface area contributed by atoms with Gasteiger partial charge in [0, 0.05) is 25.5 Å². The fourth-order valence-corrected chi connectivity index (χ4v) is 2.48. The lowest BCUT2D eigenvalue weighted by Crippen LogP contribution is -2.27. The van der Waals surface area contributed by atoms with E-state index in [0.717, 1.165) is 16.9 Å². The molecule has 0 aliphatic heterocycles. The first-order valence-electron chi connectivity index (χ1n) is 8.71. The number of pyridine rings is 2. The molecule has 0 saturated carbocycles. The first-order valence-corrected chi connectivity index (χ1v) is 8.71. The van der Waals surface area contributed by atoms with Gasteiger partial charge in [-0.1, -0.05) is 18.2 Å². The highest BCUT2D eigenvalue weighted by atomic mass is 16.5. The van der Waals surface area contributed by atoms with Gasteiger partial charge in [-0.2, -0.15) is 0 Å². The molecule has 0 saturated heterocycles. The number of carbonyl (C=O) groups excluding carboxylic acids is 2. The van der Waals surface area contributed by atoms with Gasteiger partial charge in [0.1, 0.15) is 17.1 Å². The maximum Gasteiger partial charge on any atom is 0.270 e. The second kappa shape index (κ2) is 9.27. The van der Waals surface area contributed by atoms with E-state index >= 15 is 0 Å². The molecule has 0 bridgehead atoms. The van der Waals surface area contributed by atoms with Crippen molar-refractivity contribution in [3.63, 3.8) is 0 Å². The van der Waals surface area contributed by atoms with Crippen molar-refractivity contribution in [2.24, 2.45) is 0 Å². The Kier molecular flexibility index (Phi) is 6.30. The minimum absolute atomic E-state index is 0.185. The molecule has 3 aromatic rings. The van der Waals surface area contributed by atoms with E-state index in [9.17, 15) is 9.59 Å². The van der Waals surface area contributed by atoms with E-state index in [0.29, 0.717) is 13.1 Å². The maximum atomic E-state index is 12.4. The third-order valence-electron chi connectivity index (χ3n) is 4.03. The van der Waals surface area contributed by atoms with Crippen LogP contribution in [0.2, 0.25) is 0 Å². The van der Waals surface area contributed by atoms with E-state index in [4.69, 9.17) is 4.74 Å². The zero-order valence-corrected chi connectivity index (χ0v) is 15.4. The topological polar surface area (TPSA) is 93.2 Å². The normalized spacial score (nSPS) is 10.2. The van der Waals surface area contributed by atoms with Gasteiger partial charge >= 0.3 is 0 Å². The van der Waals surface area contributed by atoms with Crippen LogP contribution in [0.15, 0.2) is 67.0 Å². The van der Waals surface area contributed by atoms with Gasteiger partial charge in [0.15, 0.2) is 0 Å². The molecular weight excluding hydrogens is 356 g/mol. The predicted molar refractivity (Wildman–Crippen MR) is 104 cm³/mol. The second-order valence-corrected chi connectivity index (χ2v) is 5.98. The maximum absolute atomic E-state index is 12.4. The Hall–Kier alpha value is -3.74. The Labute approximate surface area is 162 Å². The highest BCUT2D eigenvalue weighted by Crippen LogP contribution is 2.11. The summed E-state index contributed by atoms with van der Waals surface area (Å²) < 4.78 is 5.11. The molecule has 0 unspecified atom stereocenters. The summed E-state index contributed by atoms with van der Waals surface area (Å²) >= 11 is 0. The Morgan fingerprint density at radius 2 is 1.36 bits per heavy atom. The molecule has 0 fully saturated rings. The Morgan fingerprint density at radius 3 is 1.89 bits per heavy atom. The molecule has 3 rings (SSSR count). The van der Waals surface area contributed by atoms with E-state index in [1.165, 1.54) is 0 Å². The van der Waals surface area contributed by atoms with Gasteiger partial charge < -0.3 is 15.4 Å². The van der Waals surface area contributed by atoms with Crippen LogP contribution in [-0.4, -0.2) is 28.9 Å². The van der Waals surface area contributed by atoms with Gasteiger partial charge in [0.05, 0.1) is 7.11 Å². The van der Waals surface area contributed by atoms with E-state index < -0.39 is 0 Å². The standard InChI is InChI=1S/C21H20N4O3/c1-28-17-7-5-15(6-8-17)13-23-20(26)18-3-2-4-19(25-18)21(27)24-14-16-9-11-22-12-10-16/h2-12H,13-14H2,1H3,(H,23,26)(H,24,27). The van der Waals surface area contributed by atoms with Gasteiger partial charge in [-0.25, -0.2) is 4.98 Å². The molecule has 28 heavy (non-hydrogen) atoms. The number of hydrogen-bond donors (Lipinski definition) is 2. The molecule has 7 nitrogen and oxygen atoms in total. The molecular formula is C21H20N4O3. The van der Waals surface area contributed by atoms with Gasteiger partial charge in [0.25, 0.3) is 11.8 Å². The summed E-state index contributed by atoms with van der Waals surface area (Å²) in [5, 5.41) is 5.57. The number of carbonyl (C=O) groups is 2. The minimum atomic E-state index is -0.348. The number of amides is 2. The van der Waals surface area contributed by atoms with Crippen LogP contribution in [0.25, 0.3) is 0 Å².